The summed E-state index contributed by atoms with van der Waals surface area (Å²) in [5, 5.41) is 8.37. The lowest BCUT2D eigenvalue weighted by molar-refractivity contribution is -0.157. The van der Waals surface area contributed by atoms with Gasteiger partial charge in [-0.25, -0.2) is 4.79 Å². The molecule has 1 N–H and O–H groups in total. The van der Waals surface area contributed by atoms with E-state index in [1.54, 1.807) is 6.92 Å². The summed E-state index contributed by atoms with van der Waals surface area (Å²) in [7, 11) is 0. The third-order valence-electron chi connectivity index (χ3n) is 1.50. The fraction of sp³-hybridized carbons (Fsp3) is 0.667. The summed E-state index contributed by atoms with van der Waals surface area (Å²) in [6, 6.07) is 0. The molecule has 0 radical (unpaired) electrons. The van der Waals surface area contributed by atoms with E-state index in [4.69, 9.17) is 5.11 Å². The number of rotatable bonds is 1. The van der Waals surface area contributed by atoms with Crippen LogP contribution in [-0.2, 0) is 14.3 Å². The predicted octanol–water partition coefficient (Wildman–Crippen LogP) is 0.0226. The van der Waals surface area contributed by atoms with Gasteiger partial charge in [0, 0.05) is 6.42 Å². The summed E-state index contributed by atoms with van der Waals surface area (Å²) in [5.41, 5.74) is 0. The normalized spacial score (nSPS) is 31.9. The molecule has 1 fully saturated rings. The van der Waals surface area contributed by atoms with Crippen LogP contribution in [0.5, 0.6) is 0 Å². The second-order valence-electron chi connectivity index (χ2n) is 2.40. The van der Waals surface area contributed by atoms with Crippen LogP contribution in [0.4, 0.5) is 0 Å². The van der Waals surface area contributed by atoms with E-state index in [1.165, 1.54) is 0 Å². The van der Waals surface area contributed by atoms with Crippen molar-refractivity contribution in [1.82, 2.24) is 0 Å². The second-order valence-corrected chi connectivity index (χ2v) is 2.40. The number of carbonyl (C=O) groups is 2. The fourth-order valence-electron chi connectivity index (χ4n) is 0.873. The van der Waals surface area contributed by atoms with Crippen molar-refractivity contribution in [3.05, 3.63) is 0 Å². The molecule has 0 unspecified atom stereocenters. The predicted molar refractivity (Wildman–Crippen MR) is 31.3 cm³/mol. The average molecular weight is 144 g/mol. The SMILES string of the molecule is C[C@H]1C[C@@H](C(=O)O)OC1=O. The first-order chi connectivity index (χ1) is 4.61. The molecule has 1 aliphatic rings. The number of cyclic esters (lactones) is 1. The summed E-state index contributed by atoms with van der Waals surface area (Å²) < 4.78 is 4.50. The summed E-state index contributed by atoms with van der Waals surface area (Å²) in [5.74, 6) is -1.73. The van der Waals surface area contributed by atoms with E-state index in [1.807, 2.05) is 0 Å². The lowest BCUT2D eigenvalue weighted by Crippen LogP contribution is -2.18. The van der Waals surface area contributed by atoms with E-state index in [-0.39, 0.29) is 5.92 Å². The smallest absolute Gasteiger partial charge is 0.345 e. The molecule has 0 spiro atoms. The quantitative estimate of drug-likeness (QED) is 0.527. The maximum absolute atomic E-state index is 10.6. The second kappa shape index (κ2) is 2.28. The Morgan fingerprint density at radius 3 is 2.60 bits per heavy atom. The highest BCUT2D eigenvalue weighted by Gasteiger charge is 2.35. The first-order valence-corrected chi connectivity index (χ1v) is 3.04. The van der Waals surface area contributed by atoms with E-state index in [9.17, 15) is 9.59 Å². The summed E-state index contributed by atoms with van der Waals surface area (Å²) >= 11 is 0. The van der Waals surface area contributed by atoms with Gasteiger partial charge in [-0.2, -0.15) is 0 Å². The molecule has 0 bridgehead atoms. The Labute approximate surface area is 57.8 Å². The maximum Gasteiger partial charge on any atom is 0.345 e. The highest BCUT2D eigenvalue weighted by Crippen LogP contribution is 2.19. The molecule has 0 aliphatic carbocycles. The van der Waals surface area contributed by atoms with Gasteiger partial charge in [0.15, 0.2) is 6.10 Å². The Balaban J connectivity index is 2.57. The lowest BCUT2D eigenvalue weighted by atomic mass is 10.1. The minimum atomic E-state index is -1.06. The topological polar surface area (TPSA) is 63.6 Å². The number of carbonyl (C=O) groups excluding carboxylic acids is 1. The zero-order valence-electron chi connectivity index (χ0n) is 5.53. The van der Waals surface area contributed by atoms with Gasteiger partial charge in [-0.15, -0.1) is 0 Å². The molecule has 0 saturated carbocycles. The number of aliphatic carboxylic acids is 1. The number of hydrogen-bond acceptors (Lipinski definition) is 3. The van der Waals surface area contributed by atoms with Gasteiger partial charge in [0.25, 0.3) is 0 Å². The van der Waals surface area contributed by atoms with Crippen LogP contribution in [0.25, 0.3) is 0 Å². The Hall–Kier alpha value is -1.06. The van der Waals surface area contributed by atoms with Gasteiger partial charge < -0.3 is 9.84 Å². The van der Waals surface area contributed by atoms with Gasteiger partial charge >= 0.3 is 11.9 Å². The van der Waals surface area contributed by atoms with Crippen LogP contribution < -0.4 is 0 Å². The zero-order chi connectivity index (χ0) is 7.72. The number of carboxylic acid groups (broad SMARTS) is 1. The van der Waals surface area contributed by atoms with Gasteiger partial charge in [-0.1, -0.05) is 6.92 Å². The Morgan fingerprint density at radius 2 is 2.40 bits per heavy atom. The van der Waals surface area contributed by atoms with Crippen molar-refractivity contribution in [2.75, 3.05) is 0 Å². The van der Waals surface area contributed by atoms with Crippen molar-refractivity contribution in [1.29, 1.82) is 0 Å². The third-order valence-corrected chi connectivity index (χ3v) is 1.50. The minimum absolute atomic E-state index is 0.263. The van der Waals surface area contributed by atoms with E-state index in [0.29, 0.717) is 6.42 Å². The molecule has 4 heteroatoms. The van der Waals surface area contributed by atoms with Gasteiger partial charge in [0.1, 0.15) is 0 Å². The molecule has 1 heterocycles. The molecule has 0 aromatic rings. The molecule has 56 valence electrons. The highest BCUT2D eigenvalue weighted by molar-refractivity contribution is 5.82. The van der Waals surface area contributed by atoms with Crippen LogP contribution in [0.15, 0.2) is 0 Å². The largest absolute Gasteiger partial charge is 0.479 e. The molecule has 0 amide bonds. The molecule has 1 rings (SSSR count). The molecule has 10 heavy (non-hydrogen) atoms. The van der Waals surface area contributed by atoms with Gasteiger partial charge in [-0.05, 0) is 0 Å². The Bertz CT molecular complexity index is 175. The van der Waals surface area contributed by atoms with Crippen molar-refractivity contribution in [2.45, 2.75) is 19.4 Å². The van der Waals surface area contributed by atoms with Crippen LogP contribution in [0, 0.1) is 5.92 Å². The van der Waals surface area contributed by atoms with Crippen LogP contribution >= 0.6 is 0 Å². The minimum Gasteiger partial charge on any atom is -0.479 e. The maximum atomic E-state index is 10.6. The molecule has 1 aliphatic heterocycles. The molecule has 2 atom stereocenters. The molecule has 0 aromatic carbocycles. The van der Waals surface area contributed by atoms with Crippen LogP contribution in [0.3, 0.4) is 0 Å². The Morgan fingerprint density at radius 1 is 1.80 bits per heavy atom. The van der Waals surface area contributed by atoms with E-state index in [0.717, 1.165) is 0 Å². The first-order valence-electron chi connectivity index (χ1n) is 3.04. The summed E-state index contributed by atoms with van der Waals surface area (Å²) in [6.07, 6.45) is -0.615. The standard InChI is InChI=1S/C6H8O4/c1-3-2-4(5(7)8)10-6(3)9/h3-4H,2H2,1H3,(H,7,8)/t3-,4-/m0/s1. The fourth-order valence-corrected chi connectivity index (χ4v) is 0.873. The monoisotopic (exact) mass is 144 g/mol. The number of esters is 1. The molecule has 1 saturated heterocycles. The van der Waals surface area contributed by atoms with Crippen molar-refractivity contribution in [3.8, 4) is 0 Å². The molecular formula is C6H8O4. The van der Waals surface area contributed by atoms with E-state index < -0.39 is 18.0 Å². The average Bonchev–Trinajstić information content (AvgIpc) is 2.13. The summed E-state index contributed by atoms with van der Waals surface area (Å²) in [6.45, 7) is 1.66. The van der Waals surface area contributed by atoms with Gasteiger partial charge in [0.2, 0.25) is 0 Å². The molecule has 4 nitrogen and oxygen atoms in total. The van der Waals surface area contributed by atoms with Crippen molar-refractivity contribution in [3.63, 3.8) is 0 Å². The number of ether oxygens (including phenoxy) is 1. The van der Waals surface area contributed by atoms with E-state index >= 15 is 0 Å². The van der Waals surface area contributed by atoms with E-state index in [2.05, 4.69) is 4.74 Å². The van der Waals surface area contributed by atoms with Gasteiger partial charge in [0.05, 0.1) is 5.92 Å². The van der Waals surface area contributed by atoms with Crippen molar-refractivity contribution < 1.29 is 19.4 Å². The van der Waals surface area contributed by atoms with Crippen molar-refractivity contribution >= 4 is 11.9 Å². The number of carboxylic acids is 1. The van der Waals surface area contributed by atoms with Crippen LogP contribution in [-0.4, -0.2) is 23.1 Å². The lowest BCUT2D eigenvalue weighted by Gasteiger charge is -1.99. The number of hydrogen-bond donors (Lipinski definition) is 1. The summed E-state index contributed by atoms with van der Waals surface area (Å²) in [4.78, 5) is 20.8. The first kappa shape index (κ1) is 7.05. The van der Waals surface area contributed by atoms with Gasteiger partial charge in [-0.3, -0.25) is 4.79 Å². The highest BCUT2D eigenvalue weighted by atomic mass is 16.6. The molecule has 0 aromatic heterocycles. The third kappa shape index (κ3) is 1.10. The zero-order valence-corrected chi connectivity index (χ0v) is 5.53. The Kier molecular flexibility index (Phi) is 1.61. The molecular weight excluding hydrogens is 136 g/mol. The van der Waals surface area contributed by atoms with Crippen molar-refractivity contribution in [2.24, 2.45) is 5.92 Å². The van der Waals surface area contributed by atoms with Crippen LogP contribution in [0.2, 0.25) is 0 Å². The van der Waals surface area contributed by atoms with Crippen LogP contribution in [0.1, 0.15) is 13.3 Å².